The number of nitrogens with zero attached hydrogens (tertiary/aromatic N) is 2. The van der Waals surface area contributed by atoms with Crippen molar-refractivity contribution in [1.82, 2.24) is 10.2 Å². The van der Waals surface area contributed by atoms with Crippen LogP contribution in [0, 0.1) is 6.92 Å². The second kappa shape index (κ2) is 15.2. The van der Waals surface area contributed by atoms with Crippen LogP contribution in [0.25, 0.3) is 0 Å². The zero-order chi connectivity index (χ0) is 34.4. The summed E-state index contributed by atoms with van der Waals surface area (Å²) in [6.07, 6.45) is 0.166. The van der Waals surface area contributed by atoms with Gasteiger partial charge in [0.1, 0.15) is 18.3 Å². The van der Waals surface area contributed by atoms with Crippen molar-refractivity contribution in [2.45, 2.75) is 57.1 Å². The molecule has 47 heavy (non-hydrogen) atoms. The second-order valence-corrected chi connectivity index (χ2v) is 14.9. The van der Waals surface area contributed by atoms with Crippen LogP contribution in [-0.4, -0.2) is 50.4 Å². The number of para-hydroxylation sites is 2. The van der Waals surface area contributed by atoms with E-state index in [-0.39, 0.29) is 29.3 Å². The number of methoxy groups -OCH3 is 1. The molecule has 0 aliphatic heterocycles. The molecule has 4 aromatic carbocycles. The predicted octanol–water partition coefficient (Wildman–Crippen LogP) is 7.06. The van der Waals surface area contributed by atoms with E-state index < -0.39 is 40.0 Å². The number of nitrogens with one attached hydrogen (secondary N) is 1. The molecule has 1 N–H and O–H groups in total. The molecule has 1 atom stereocenters. The van der Waals surface area contributed by atoms with Gasteiger partial charge in [-0.1, -0.05) is 89.4 Å². The first-order valence-electron chi connectivity index (χ1n) is 15.0. The van der Waals surface area contributed by atoms with Gasteiger partial charge in [-0.25, -0.2) is 8.42 Å². The maximum Gasteiger partial charge on any atom is 0.264 e. The first-order valence-corrected chi connectivity index (χ1v) is 17.2. The lowest BCUT2D eigenvalue weighted by Gasteiger charge is -2.35. The maximum atomic E-state index is 14.7. The Labute approximate surface area is 287 Å². The first-order chi connectivity index (χ1) is 22.2. The number of aryl methyl sites for hydroxylation is 1. The van der Waals surface area contributed by atoms with E-state index in [1.165, 1.54) is 24.1 Å². The third-order valence-electron chi connectivity index (χ3n) is 7.37. The molecule has 8 nitrogen and oxygen atoms in total. The number of carbonyl (C=O) groups is 2. The molecule has 4 rings (SSSR count). The topological polar surface area (TPSA) is 96.0 Å². The van der Waals surface area contributed by atoms with Gasteiger partial charge in [-0.05, 0) is 75.2 Å². The number of ether oxygens (including phenoxy) is 1. The normalized spacial score (nSPS) is 12.2. The third-order valence-corrected chi connectivity index (χ3v) is 9.73. The van der Waals surface area contributed by atoms with Gasteiger partial charge in [-0.15, -0.1) is 0 Å². The van der Waals surface area contributed by atoms with E-state index >= 15 is 0 Å². The van der Waals surface area contributed by atoms with Crippen LogP contribution in [0.5, 0.6) is 5.75 Å². The van der Waals surface area contributed by atoms with E-state index in [4.69, 9.17) is 27.9 Å². The van der Waals surface area contributed by atoms with E-state index in [2.05, 4.69) is 5.32 Å². The van der Waals surface area contributed by atoms with Gasteiger partial charge in [0.15, 0.2) is 0 Å². The summed E-state index contributed by atoms with van der Waals surface area (Å²) in [7, 11) is -2.86. The molecular weight excluding hydrogens is 657 g/mol. The van der Waals surface area contributed by atoms with Gasteiger partial charge in [0.05, 0.1) is 17.7 Å². The van der Waals surface area contributed by atoms with Crippen molar-refractivity contribution in [3.8, 4) is 5.75 Å². The molecule has 248 valence electrons. The van der Waals surface area contributed by atoms with Crippen molar-refractivity contribution < 1.29 is 22.7 Å². The summed E-state index contributed by atoms with van der Waals surface area (Å²) in [6, 6.07) is 26.1. The summed E-state index contributed by atoms with van der Waals surface area (Å²) in [5, 5.41) is 3.73. The van der Waals surface area contributed by atoms with Gasteiger partial charge in [0.2, 0.25) is 11.8 Å². The maximum absolute atomic E-state index is 14.7. The standard InChI is InChI=1S/C36H39Cl2N3O5S/c1-25-15-19-29(20-16-25)47(44,45)41(31-13-9-10-14-33(31)46-5)24-34(42)40(23-27-17-18-28(37)22-30(27)38)32(35(43)39-36(2,3)4)21-26-11-7-6-8-12-26/h6-20,22,32H,21,23-24H2,1-5H3,(H,39,43). The average Bonchev–Trinajstić information content (AvgIpc) is 3.02. The molecule has 0 aliphatic carbocycles. The SMILES string of the molecule is COc1ccccc1N(CC(=O)N(Cc1ccc(Cl)cc1Cl)C(Cc1ccccc1)C(=O)NC(C)(C)C)S(=O)(=O)c1ccc(C)cc1. The average molecular weight is 697 g/mol. The zero-order valence-electron chi connectivity index (χ0n) is 27.0. The van der Waals surface area contributed by atoms with Crippen LogP contribution in [0.1, 0.15) is 37.5 Å². The number of carbonyl (C=O) groups excluding carboxylic acids is 2. The number of anilines is 1. The van der Waals surface area contributed by atoms with E-state index in [1.54, 1.807) is 54.6 Å². The number of sulfonamides is 1. The Kier molecular flexibility index (Phi) is 11.6. The largest absolute Gasteiger partial charge is 0.495 e. The summed E-state index contributed by atoms with van der Waals surface area (Å²) in [5.74, 6) is -0.762. The van der Waals surface area contributed by atoms with Crippen molar-refractivity contribution in [3.63, 3.8) is 0 Å². The van der Waals surface area contributed by atoms with Gasteiger partial charge in [-0.3, -0.25) is 13.9 Å². The quantitative estimate of drug-likeness (QED) is 0.171. The van der Waals surface area contributed by atoms with Crippen LogP contribution in [0.2, 0.25) is 10.0 Å². The molecule has 0 saturated heterocycles. The number of hydrogen-bond acceptors (Lipinski definition) is 5. The molecule has 4 aromatic rings. The lowest BCUT2D eigenvalue weighted by Crippen LogP contribution is -2.56. The van der Waals surface area contributed by atoms with Crippen molar-refractivity contribution in [2.24, 2.45) is 0 Å². The van der Waals surface area contributed by atoms with E-state index in [9.17, 15) is 18.0 Å². The molecule has 0 aliphatic rings. The van der Waals surface area contributed by atoms with Crippen LogP contribution in [-0.2, 0) is 32.6 Å². The molecule has 2 amide bonds. The first kappa shape index (κ1) is 35.8. The second-order valence-electron chi connectivity index (χ2n) is 12.2. The number of benzene rings is 4. The number of halogens is 2. The number of hydrogen-bond donors (Lipinski definition) is 1. The molecule has 0 radical (unpaired) electrons. The Bertz CT molecular complexity index is 1810. The van der Waals surface area contributed by atoms with Gasteiger partial charge in [0.25, 0.3) is 10.0 Å². The minimum atomic E-state index is -4.29. The molecular formula is C36H39Cl2N3O5S. The van der Waals surface area contributed by atoms with E-state index in [0.717, 1.165) is 15.4 Å². The van der Waals surface area contributed by atoms with Gasteiger partial charge in [0, 0.05) is 28.5 Å². The van der Waals surface area contributed by atoms with Crippen LogP contribution in [0.3, 0.4) is 0 Å². The van der Waals surface area contributed by atoms with Crippen LogP contribution < -0.4 is 14.4 Å². The fourth-order valence-corrected chi connectivity index (χ4v) is 6.92. The Morgan fingerprint density at radius 3 is 2.15 bits per heavy atom. The Hall–Kier alpha value is -4.05. The molecule has 1 unspecified atom stereocenters. The summed E-state index contributed by atoms with van der Waals surface area (Å²) in [6.45, 7) is 6.69. The van der Waals surface area contributed by atoms with Crippen molar-refractivity contribution in [3.05, 3.63) is 124 Å². The Morgan fingerprint density at radius 2 is 1.53 bits per heavy atom. The lowest BCUT2D eigenvalue weighted by molar-refractivity contribution is -0.140. The lowest BCUT2D eigenvalue weighted by atomic mass is 10.0. The molecule has 0 fully saturated rings. The summed E-state index contributed by atoms with van der Waals surface area (Å²) < 4.78 is 35.1. The molecule has 0 bridgehead atoms. The summed E-state index contributed by atoms with van der Waals surface area (Å²) in [5.41, 5.74) is 1.79. The van der Waals surface area contributed by atoms with Gasteiger partial charge < -0.3 is 15.0 Å². The summed E-state index contributed by atoms with van der Waals surface area (Å²) in [4.78, 5) is 30.1. The highest BCUT2D eigenvalue weighted by Crippen LogP contribution is 2.33. The van der Waals surface area contributed by atoms with Crippen molar-refractivity contribution >= 4 is 50.7 Å². The van der Waals surface area contributed by atoms with Gasteiger partial charge >= 0.3 is 0 Å². The van der Waals surface area contributed by atoms with Crippen molar-refractivity contribution in [1.29, 1.82) is 0 Å². The molecule has 0 spiro atoms. The van der Waals surface area contributed by atoms with Gasteiger partial charge in [-0.2, -0.15) is 0 Å². The monoisotopic (exact) mass is 695 g/mol. The molecule has 0 aromatic heterocycles. The van der Waals surface area contributed by atoms with Crippen LogP contribution >= 0.6 is 23.2 Å². The Balaban J connectivity index is 1.87. The molecule has 0 heterocycles. The smallest absolute Gasteiger partial charge is 0.264 e. The fraction of sp³-hybridized carbons (Fsp3) is 0.278. The molecule has 0 saturated carbocycles. The zero-order valence-corrected chi connectivity index (χ0v) is 29.4. The third kappa shape index (κ3) is 9.28. The number of rotatable bonds is 12. The number of amides is 2. The molecule has 11 heteroatoms. The fourth-order valence-electron chi connectivity index (χ4n) is 5.03. The van der Waals surface area contributed by atoms with E-state index in [1.807, 2.05) is 58.0 Å². The minimum absolute atomic E-state index is 0.000382. The highest BCUT2D eigenvalue weighted by atomic mass is 35.5. The highest BCUT2D eigenvalue weighted by molar-refractivity contribution is 7.92. The minimum Gasteiger partial charge on any atom is -0.495 e. The van der Waals surface area contributed by atoms with E-state index in [0.29, 0.717) is 15.6 Å². The van der Waals surface area contributed by atoms with Crippen LogP contribution in [0.4, 0.5) is 5.69 Å². The summed E-state index contributed by atoms with van der Waals surface area (Å²) >= 11 is 12.8. The van der Waals surface area contributed by atoms with Crippen molar-refractivity contribution in [2.75, 3.05) is 18.0 Å². The predicted molar refractivity (Wildman–Crippen MR) is 188 cm³/mol. The highest BCUT2D eigenvalue weighted by Gasteiger charge is 2.36. The van der Waals surface area contributed by atoms with Crippen LogP contribution in [0.15, 0.2) is 102 Å². The Morgan fingerprint density at radius 1 is 0.894 bits per heavy atom.